The first kappa shape index (κ1) is 27.4. The largest absolute Gasteiger partial charge is 0.511 e. The number of halogens is 3. The molecule has 1 aromatic rings. The van der Waals surface area contributed by atoms with Crippen LogP contribution in [0.3, 0.4) is 0 Å². The second-order valence-corrected chi connectivity index (χ2v) is 13.7. The Morgan fingerprint density at radius 1 is 1.09 bits per heavy atom. The smallest absolute Gasteiger partial charge is 0.428 e. The first-order valence-electron chi connectivity index (χ1n) is 11.3. The van der Waals surface area contributed by atoms with E-state index in [-0.39, 0.29) is 11.5 Å². The molecule has 1 fully saturated rings. The van der Waals surface area contributed by atoms with Crippen LogP contribution in [0.5, 0.6) is 0 Å². The van der Waals surface area contributed by atoms with Gasteiger partial charge >= 0.3 is 18.1 Å². The van der Waals surface area contributed by atoms with Gasteiger partial charge < -0.3 is 18.6 Å². The zero-order valence-corrected chi connectivity index (χ0v) is 21.0. The Morgan fingerprint density at radius 3 is 2.18 bits per heavy atom. The number of carbonyl (C=O) groups is 1. The minimum atomic E-state index is -5.03. The fourth-order valence-electron chi connectivity index (χ4n) is 4.17. The van der Waals surface area contributed by atoms with E-state index in [4.69, 9.17) is 18.6 Å². The van der Waals surface area contributed by atoms with Gasteiger partial charge in [0.2, 0.25) is 0 Å². The first-order chi connectivity index (χ1) is 15.4. The molecule has 0 aromatic heterocycles. The van der Waals surface area contributed by atoms with Crippen molar-refractivity contribution in [2.75, 3.05) is 7.11 Å². The summed E-state index contributed by atoms with van der Waals surface area (Å²) in [5, 5.41) is 0. The molecule has 9 heteroatoms. The summed E-state index contributed by atoms with van der Waals surface area (Å²) in [5.74, 6) is -3.32. The molecule has 0 saturated heterocycles. The van der Waals surface area contributed by atoms with Crippen LogP contribution in [0.1, 0.15) is 44.6 Å². The molecule has 0 aliphatic heterocycles. The van der Waals surface area contributed by atoms with Crippen molar-refractivity contribution in [1.82, 2.24) is 0 Å². The maximum absolute atomic E-state index is 14.1. The lowest BCUT2D eigenvalue weighted by Crippen LogP contribution is -2.50. The van der Waals surface area contributed by atoms with Gasteiger partial charge in [-0.2, -0.15) is 13.2 Å². The number of methoxy groups -OCH3 is 1. The Bertz CT molecular complexity index is 773. The summed E-state index contributed by atoms with van der Waals surface area (Å²) in [6.45, 7) is 7.85. The lowest BCUT2D eigenvalue weighted by Gasteiger charge is -2.38. The van der Waals surface area contributed by atoms with Crippen LogP contribution >= 0.6 is 0 Å². The van der Waals surface area contributed by atoms with Gasteiger partial charge in [0.05, 0.1) is 0 Å². The number of alkyl halides is 3. The van der Waals surface area contributed by atoms with Crippen LogP contribution < -0.4 is 0 Å². The number of benzene rings is 1. The molecule has 0 amide bonds. The van der Waals surface area contributed by atoms with Gasteiger partial charge in [0, 0.05) is 12.7 Å². The van der Waals surface area contributed by atoms with E-state index in [2.05, 4.69) is 0 Å². The Morgan fingerprint density at radius 2 is 1.70 bits per heavy atom. The topological polar surface area (TPSA) is 54.0 Å². The van der Waals surface area contributed by atoms with Crippen molar-refractivity contribution in [3.8, 4) is 0 Å². The maximum atomic E-state index is 14.1. The second-order valence-electron chi connectivity index (χ2n) is 9.24. The zero-order chi connectivity index (χ0) is 24.7. The predicted molar refractivity (Wildman–Crippen MR) is 122 cm³/mol. The fraction of sp³-hybridized carbons (Fsp3) is 0.625. The predicted octanol–water partition coefficient (Wildman–Crippen LogP) is 6.95. The summed E-state index contributed by atoms with van der Waals surface area (Å²) in [5.41, 5.74) is -0.352. The molecule has 0 unspecified atom stereocenters. The molecule has 0 spiro atoms. The van der Waals surface area contributed by atoms with Crippen molar-refractivity contribution < 1.29 is 36.6 Å². The molecule has 0 heterocycles. The minimum Gasteiger partial charge on any atom is -0.428 e. The molecular weight excluding hydrogens is 453 g/mol. The van der Waals surface area contributed by atoms with Crippen LogP contribution in [-0.2, 0) is 24.4 Å². The molecule has 0 bridgehead atoms. The summed E-state index contributed by atoms with van der Waals surface area (Å²) in [6.07, 6.45) is 0.393. The summed E-state index contributed by atoms with van der Waals surface area (Å²) >= 11 is 0. The Hall–Kier alpha value is -1.84. The monoisotopic (exact) mass is 488 g/mol. The summed E-state index contributed by atoms with van der Waals surface area (Å²) in [7, 11) is -1.21. The highest BCUT2D eigenvalue weighted by Crippen LogP contribution is 2.43. The van der Waals surface area contributed by atoms with Gasteiger partial charge in [-0.1, -0.05) is 61.7 Å². The number of ether oxygens (including phenoxy) is 3. The van der Waals surface area contributed by atoms with Crippen LogP contribution in [0.15, 0.2) is 42.5 Å². The maximum Gasteiger partial charge on any atom is 0.511 e. The second kappa shape index (κ2) is 11.5. The van der Waals surface area contributed by atoms with E-state index < -0.39 is 38.6 Å². The fourth-order valence-corrected chi connectivity index (χ4v) is 5.20. The van der Waals surface area contributed by atoms with Crippen LogP contribution in [0.4, 0.5) is 18.0 Å². The molecule has 1 aliphatic rings. The zero-order valence-electron chi connectivity index (χ0n) is 20.0. The SMILES string of the molecule is C/C=C/[C@@H](O[Si](C)(C)C)[C@H](OC(=O)O[C@@](OC)(c1ccccc1)C(F)(F)F)C1CCCCC1. The molecule has 3 atom stereocenters. The summed E-state index contributed by atoms with van der Waals surface area (Å²) in [6, 6.07) is 6.78. The molecule has 2 rings (SSSR count). The van der Waals surface area contributed by atoms with E-state index >= 15 is 0 Å². The van der Waals surface area contributed by atoms with E-state index in [1.165, 1.54) is 24.3 Å². The van der Waals surface area contributed by atoms with Crippen molar-refractivity contribution in [1.29, 1.82) is 0 Å². The van der Waals surface area contributed by atoms with Crippen LogP contribution in [0.2, 0.25) is 19.6 Å². The average Bonchev–Trinajstić information content (AvgIpc) is 2.75. The first-order valence-corrected chi connectivity index (χ1v) is 14.7. The molecule has 0 radical (unpaired) electrons. The van der Waals surface area contributed by atoms with Crippen LogP contribution in [0, 0.1) is 5.92 Å². The van der Waals surface area contributed by atoms with E-state index in [0.29, 0.717) is 0 Å². The number of allylic oxidation sites excluding steroid dienone is 1. The van der Waals surface area contributed by atoms with E-state index in [1.807, 2.05) is 26.6 Å². The lowest BCUT2D eigenvalue weighted by molar-refractivity contribution is -0.369. The van der Waals surface area contributed by atoms with Gasteiger partial charge in [-0.15, -0.1) is 0 Å². The van der Waals surface area contributed by atoms with Crippen molar-refractivity contribution in [3.05, 3.63) is 48.0 Å². The van der Waals surface area contributed by atoms with Gasteiger partial charge in [-0.05, 0) is 45.3 Å². The summed E-state index contributed by atoms with van der Waals surface area (Å²) < 4.78 is 64.0. The van der Waals surface area contributed by atoms with Gasteiger partial charge in [-0.3, -0.25) is 0 Å². The normalized spacial score (nSPS) is 19.6. The average molecular weight is 489 g/mol. The molecule has 186 valence electrons. The third-order valence-corrected chi connectivity index (χ3v) is 6.56. The number of rotatable bonds is 9. The number of hydrogen-bond acceptors (Lipinski definition) is 5. The highest BCUT2D eigenvalue weighted by Gasteiger charge is 2.61. The highest BCUT2D eigenvalue weighted by atomic mass is 28.4. The van der Waals surface area contributed by atoms with Gasteiger partial charge in [0.25, 0.3) is 0 Å². The van der Waals surface area contributed by atoms with Gasteiger partial charge in [0.15, 0.2) is 8.32 Å². The highest BCUT2D eigenvalue weighted by molar-refractivity contribution is 6.69. The summed E-state index contributed by atoms with van der Waals surface area (Å²) in [4.78, 5) is 12.9. The Kier molecular flexibility index (Phi) is 9.57. The van der Waals surface area contributed by atoms with Crippen molar-refractivity contribution in [3.63, 3.8) is 0 Å². The van der Waals surface area contributed by atoms with E-state index in [0.717, 1.165) is 39.2 Å². The number of carbonyl (C=O) groups excluding carboxylic acids is 1. The molecule has 0 N–H and O–H groups in total. The van der Waals surface area contributed by atoms with Gasteiger partial charge in [-0.25, -0.2) is 4.79 Å². The van der Waals surface area contributed by atoms with Gasteiger partial charge in [0.1, 0.15) is 12.2 Å². The molecule has 1 aromatic carbocycles. The van der Waals surface area contributed by atoms with Crippen molar-refractivity contribution in [2.45, 2.75) is 82.8 Å². The Labute approximate surface area is 195 Å². The molecule has 1 aliphatic carbocycles. The quantitative estimate of drug-likeness (QED) is 0.163. The van der Waals surface area contributed by atoms with E-state index in [9.17, 15) is 18.0 Å². The lowest BCUT2D eigenvalue weighted by atomic mass is 9.83. The molecule has 33 heavy (non-hydrogen) atoms. The third-order valence-electron chi connectivity index (χ3n) is 5.58. The van der Waals surface area contributed by atoms with Crippen molar-refractivity contribution >= 4 is 14.5 Å². The van der Waals surface area contributed by atoms with Crippen LogP contribution in [-0.4, -0.2) is 40.0 Å². The third kappa shape index (κ3) is 7.32. The molecular formula is C24H35F3O5Si. The van der Waals surface area contributed by atoms with E-state index in [1.54, 1.807) is 18.2 Å². The number of hydrogen-bond donors (Lipinski definition) is 0. The standard InChI is InChI=1S/C24H35F3O5Si/c1-6-13-20(32-33(3,4)5)21(18-14-9-7-10-15-18)30-22(28)31-23(29-2,24(25,26)27)19-16-11-8-12-17-19/h6,8,11-13,16-18,20-21H,7,9-10,14-15H2,1-5H3/b13-6+/t20-,21-,23+/m1/s1. The van der Waals surface area contributed by atoms with Crippen molar-refractivity contribution in [2.24, 2.45) is 5.92 Å². The molecule has 5 nitrogen and oxygen atoms in total. The Balaban J connectivity index is 2.36. The van der Waals surface area contributed by atoms with Crippen LogP contribution in [0.25, 0.3) is 0 Å². The molecule has 1 saturated carbocycles. The minimum absolute atomic E-state index is 0.0385.